The summed E-state index contributed by atoms with van der Waals surface area (Å²) in [5.74, 6) is 2.09. The molecule has 5 rings (SSSR count). The number of hydrogen-bond donors (Lipinski definition) is 0. The molecule has 34 heavy (non-hydrogen) atoms. The van der Waals surface area contributed by atoms with Gasteiger partial charge in [-0.3, -0.25) is 4.79 Å². The van der Waals surface area contributed by atoms with E-state index in [4.69, 9.17) is 4.74 Å². The zero-order valence-corrected chi connectivity index (χ0v) is 23.8. The number of esters is 1. The fourth-order valence-electron chi connectivity index (χ4n) is 11.2. The molecular weight excluding hydrogens is 416 g/mol. The van der Waals surface area contributed by atoms with Gasteiger partial charge >= 0.3 is 5.97 Å². The summed E-state index contributed by atoms with van der Waals surface area (Å²) in [5.41, 5.74) is 3.90. The van der Waals surface area contributed by atoms with E-state index in [-0.39, 0.29) is 17.5 Å². The molecule has 192 valence electrons. The van der Waals surface area contributed by atoms with Gasteiger partial charge in [-0.2, -0.15) is 0 Å². The Hall–Kier alpha value is -0.790. The lowest BCUT2D eigenvalue weighted by Crippen LogP contribution is -2.63. The second-order valence-electron chi connectivity index (χ2n) is 15.9. The van der Waals surface area contributed by atoms with Crippen LogP contribution in [0.3, 0.4) is 0 Å². The van der Waals surface area contributed by atoms with Gasteiger partial charge in [0, 0.05) is 12.3 Å². The maximum Gasteiger partial charge on any atom is 0.302 e. The highest BCUT2D eigenvalue weighted by atomic mass is 16.5. The van der Waals surface area contributed by atoms with Crippen molar-refractivity contribution in [3.05, 3.63) is 11.6 Å². The monoisotopic (exact) mass is 468 g/mol. The van der Waals surface area contributed by atoms with Crippen LogP contribution in [0.2, 0.25) is 0 Å². The van der Waals surface area contributed by atoms with E-state index >= 15 is 0 Å². The Balaban J connectivity index is 1.51. The molecule has 5 aliphatic rings. The van der Waals surface area contributed by atoms with Gasteiger partial charge in [0.25, 0.3) is 0 Å². The highest BCUT2D eigenvalue weighted by Gasteiger charge is 2.67. The Morgan fingerprint density at radius 3 is 2.06 bits per heavy atom. The highest BCUT2D eigenvalue weighted by Crippen LogP contribution is 2.75. The number of rotatable bonds is 1. The molecule has 8 atom stereocenters. The van der Waals surface area contributed by atoms with E-state index in [1.165, 1.54) is 57.8 Å². The molecule has 0 aromatic carbocycles. The maximum absolute atomic E-state index is 11.9. The molecule has 5 aliphatic carbocycles. The minimum Gasteiger partial charge on any atom is -0.462 e. The van der Waals surface area contributed by atoms with Crippen molar-refractivity contribution in [3.8, 4) is 0 Å². The minimum absolute atomic E-state index is 0.0493. The van der Waals surface area contributed by atoms with Crippen molar-refractivity contribution in [2.24, 2.45) is 50.2 Å². The molecule has 0 radical (unpaired) electrons. The van der Waals surface area contributed by atoms with Gasteiger partial charge in [-0.1, -0.05) is 67.0 Å². The average molecular weight is 469 g/mol. The third kappa shape index (κ3) is 3.28. The first-order valence-electron chi connectivity index (χ1n) is 14.5. The molecule has 0 aromatic rings. The summed E-state index contributed by atoms with van der Waals surface area (Å²) >= 11 is 0. The van der Waals surface area contributed by atoms with Crippen molar-refractivity contribution in [3.63, 3.8) is 0 Å². The van der Waals surface area contributed by atoms with E-state index in [1.807, 2.05) is 5.57 Å². The molecule has 0 aliphatic heterocycles. The Morgan fingerprint density at radius 2 is 1.41 bits per heavy atom. The molecule has 4 saturated carbocycles. The number of carbonyl (C=O) groups is 1. The van der Waals surface area contributed by atoms with Crippen LogP contribution in [0.15, 0.2) is 11.6 Å². The SMILES string of the molecule is CC(=O)O[C@H]1CC[C@]2(C)[C@H](CC[C@@]3(C)C4=CC[C@]5(C)CCC(C)(C)C[C@H]5[C@@]4(C)CC[C@@H]23)C1(C)C. The molecule has 0 spiro atoms. The first kappa shape index (κ1) is 24.9. The Bertz CT molecular complexity index is 897. The summed E-state index contributed by atoms with van der Waals surface area (Å²) in [7, 11) is 0. The molecule has 2 nitrogen and oxygen atoms in total. The van der Waals surface area contributed by atoms with E-state index in [0.29, 0.717) is 33.0 Å². The molecule has 0 saturated heterocycles. The second kappa shape index (κ2) is 7.38. The quantitative estimate of drug-likeness (QED) is 0.284. The van der Waals surface area contributed by atoms with Gasteiger partial charge in [-0.05, 0) is 109 Å². The molecule has 2 heteroatoms. The first-order chi connectivity index (χ1) is 15.6. The standard InChI is InChI=1S/C32H52O2/c1-21(33)34-26-13-17-30(7)22(28(26,4)5)11-15-31(8)23-10-14-29(6)19-18-27(2,3)20-25(29)32(23,9)16-12-24(30)31/h10,22,24-26H,11-20H2,1-9H3/t22-,24+,25-,26+,29-,30-,31+,32+/m1/s1. The third-order valence-corrected chi connectivity index (χ3v) is 13.0. The summed E-state index contributed by atoms with van der Waals surface area (Å²) in [4.78, 5) is 11.9. The fraction of sp³-hybridized carbons (Fsp3) is 0.906. The predicted octanol–water partition coefficient (Wildman–Crippen LogP) is 8.74. The van der Waals surface area contributed by atoms with Crippen LogP contribution >= 0.6 is 0 Å². The van der Waals surface area contributed by atoms with Gasteiger partial charge in [0.15, 0.2) is 0 Å². The van der Waals surface area contributed by atoms with E-state index < -0.39 is 0 Å². The van der Waals surface area contributed by atoms with Crippen molar-refractivity contribution in [2.45, 2.75) is 133 Å². The van der Waals surface area contributed by atoms with Gasteiger partial charge in [0.2, 0.25) is 0 Å². The lowest BCUT2D eigenvalue weighted by atomic mass is 9.34. The van der Waals surface area contributed by atoms with Crippen LogP contribution in [-0.2, 0) is 9.53 Å². The van der Waals surface area contributed by atoms with Crippen LogP contribution in [0.4, 0.5) is 0 Å². The van der Waals surface area contributed by atoms with Gasteiger partial charge in [0.05, 0.1) is 0 Å². The van der Waals surface area contributed by atoms with Crippen molar-refractivity contribution >= 4 is 5.97 Å². The zero-order valence-electron chi connectivity index (χ0n) is 23.8. The van der Waals surface area contributed by atoms with Gasteiger partial charge in [-0.25, -0.2) is 0 Å². The van der Waals surface area contributed by atoms with Gasteiger partial charge in [0.1, 0.15) is 6.10 Å². The van der Waals surface area contributed by atoms with E-state index in [0.717, 1.165) is 18.3 Å². The second-order valence-corrected chi connectivity index (χ2v) is 15.9. The van der Waals surface area contributed by atoms with Gasteiger partial charge in [-0.15, -0.1) is 0 Å². The number of allylic oxidation sites excluding steroid dienone is 2. The van der Waals surface area contributed by atoms with Crippen molar-refractivity contribution in [2.75, 3.05) is 0 Å². The molecule has 0 amide bonds. The summed E-state index contributed by atoms with van der Waals surface area (Å²) in [6.45, 7) is 22.0. The number of hydrogen-bond acceptors (Lipinski definition) is 2. The van der Waals surface area contributed by atoms with Crippen LogP contribution < -0.4 is 0 Å². The lowest BCUT2D eigenvalue weighted by molar-refractivity contribution is -0.198. The average Bonchev–Trinajstić information content (AvgIpc) is 2.70. The first-order valence-corrected chi connectivity index (χ1v) is 14.5. The predicted molar refractivity (Wildman–Crippen MR) is 140 cm³/mol. The molecule has 0 N–H and O–H groups in total. The van der Waals surface area contributed by atoms with Crippen LogP contribution in [0.5, 0.6) is 0 Å². The lowest BCUT2D eigenvalue weighted by Gasteiger charge is -2.70. The minimum atomic E-state index is -0.110. The van der Waals surface area contributed by atoms with Crippen LogP contribution in [0, 0.1) is 50.2 Å². The molecule has 4 fully saturated rings. The summed E-state index contributed by atoms with van der Waals surface area (Å²) in [6.07, 6.45) is 15.9. The van der Waals surface area contributed by atoms with Gasteiger partial charge < -0.3 is 4.74 Å². The maximum atomic E-state index is 11.9. The van der Waals surface area contributed by atoms with Crippen molar-refractivity contribution in [1.82, 2.24) is 0 Å². The topological polar surface area (TPSA) is 26.3 Å². The third-order valence-electron chi connectivity index (χ3n) is 13.0. The normalized spacial score (nSPS) is 51.1. The zero-order chi connectivity index (χ0) is 24.9. The summed E-state index contributed by atoms with van der Waals surface area (Å²) in [6, 6.07) is 0. The largest absolute Gasteiger partial charge is 0.462 e. The molecular formula is C32H52O2. The van der Waals surface area contributed by atoms with E-state index in [1.54, 1.807) is 6.92 Å². The van der Waals surface area contributed by atoms with E-state index in [9.17, 15) is 4.79 Å². The highest BCUT2D eigenvalue weighted by molar-refractivity contribution is 5.66. The summed E-state index contributed by atoms with van der Waals surface area (Å²) < 4.78 is 5.90. The summed E-state index contributed by atoms with van der Waals surface area (Å²) in [5, 5.41) is 0. The Kier molecular flexibility index (Phi) is 5.40. The van der Waals surface area contributed by atoms with Crippen LogP contribution in [0.25, 0.3) is 0 Å². The fourth-order valence-corrected chi connectivity index (χ4v) is 11.2. The Labute approximate surface area is 210 Å². The van der Waals surface area contributed by atoms with Crippen molar-refractivity contribution < 1.29 is 9.53 Å². The molecule has 0 heterocycles. The number of carbonyl (C=O) groups excluding carboxylic acids is 1. The van der Waals surface area contributed by atoms with Crippen molar-refractivity contribution in [1.29, 1.82) is 0 Å². The smallest absolute Gasteiger partial charge is 0.302 e. The molecule has 0 aromatic heterocycles. The molecule has 0 unspecified atom stereocenters. The Morgan fingerprint density at radius 1 is 0.794 bits per heavy atom. The van der Waals surface area contributed by atoms with Crippen LogP contribution in [-0.4, -0.2) is 12.1 Å². The number of fused-ring (bicyclic) bond motifs is 7. The van der Waals surface area contributed by atoms with E-state index in [2.05, 4.69) is 61.5 Å². The number of ether oxygens (including phenoxy) is 1. The van der Waals surface area contributed by atoms with Crippen LogP contribution in [0.1, 0.15) is 127 Å². The molecule has 0 bridgehead atoms.